The quantitative estimate of drug-likeness (QED) is 0.623. The van der Waals surface area contributed by atoms with Crippen molar-refractivity contribution in [3.05, 3.63) is 75.9 Å². The second-order valence-corrected chi connectivity index (χ2v) is 6.62. The zero-order valence-corrected chi connectivity index (χ0v) is 15.6. The zero-order valence-electron chi connectivity index (χ0n) is 14.8. The number of amides is 1. The van der Waals surface area contributed by atoms with E-state index >= 15 is 0 Å². The molecule has 0 saturated carbocycles. The molecule has 1 heterocycles. The number of carbonyl (C=O) groups is 1. The molecule has 28 heavy (non-hydrogen) atoms. The minimum absolute atomic E-state index is 0.00357. The van der Waals surface area contributed by atoms with Crippen LogP contribution in [0.15, 0.2) is 53.1 Å². The Labute approximate surface area is 164 Å². The van der Waals surface area contributed by atoms with Crippen molar-refractivity contribution in [2.45, 2.75) is 19.5 Å². The van der Waals surface area contributed by atoms with Crippen LogP contribution in [0, 0.1) is 6.92 Å². The molecule has 1 aromatic heterocycles. The first kappa shape index (κ1) is 19.9. The van der Waals surface area contributed by atoms with Crippen molar-refractivity contribution in [1.29, 1.82) is 0 Å². The van der Waals surface area contributed by atoms with E-state index in [-0.39, 0.29) is 16.9 Å². The van der Waals surface area contributed by atoms with Gasteiger partial charge in [0.15, 0.2) is 5.76 Å². The topological polar surface area (TPSA) is 55.1 Å². The number of halogens is 4. The molecule has 0 unspecified atom stereocenters. The molecular weight excluding hydrogens is 393 g/mol. The van der Waals surface area contributed by atoms with Crippen LogP contribution < -0.4 is 5.32 Å². The SMILES string of the molecule is Cc1noc(-c2cccc(C(F)(F)F)c2)c1C(=O)NCCc1cccc(Cl)c1. The van der Waals surface area contributed by atoms with Crippen molar-refractivity contribution in [3.8, 4) is 11.3 Å². The van der Waals surface area contributed by atoms with Gasteiger partial charge >= 0.3 is 6.18 Å². The van der Waals surface area contributed by atoms with Crippen LogP contribution in [-0.4, -0.2) is 17.6 Å². The Balaban J connectivity index is 1.78. The van der Waals surface area contributed by atoms with Gasteiger partial charge in [0.1, 0.15) is 5.56 Å². The van der Waals surface area contributed by atoms with Crippen LogP contribution in [0.3, 0.4) is 0 Å². The number of hydrogen-bond acceptors (Lipinski definition) is 3. The Hall–Kier alpha value is -2.80. The molecule has 0 aliphatic heterocycles. The van der Waals surface area contributed by atoms with E-state index in [2.05, 4.69) is 10.5 Å². The Morgan fingerprint density at radius 3 is 2.64 bits per heavy atom. The highest BCUT2D eigenvalue weighted by Crippen LogP contribution is 2.33. The number of nitrogens with one attached hydrogen (secondary N) is 1. The van der Waals surface area contributed by atoms with E-state index < -0.39 is 17.6 Å². The van der Waals surface area contributed by atoms with Crippen molar-refractivity contribution < 1.29 is 22.5 Å². The fourth-order valence-corrected chi connectivity index (χ4v) is 2.99. The van der Waals surface area contributed by atoms with Gasteiger partial charge in [-0.05, 0) is 43.2 Å². The number of aromatic nitrogens is 1. The Kier molecular flexibility index (Phi) is 5.74. The Bertz CT molecular complexity index is 999. The summed E-state index contributed by atoms with van der Waals surface area (Å²) in [6, 6.07) is 11.8. The number of carbonyl (C=O) groups excluding carboxylic acids is 1. The average Bonchev–Trinajstić information content (AvgIpc) is 3.03. The van der Waals surface area contributed by atoms with Crippen molar-refractivity contribution in [2.24, 2.45) is 0 Å². The Morgan fingerprint density at radius 2 is 1.93 bits per heavy atom. The van der Waals surface area contributed by atoms with Gasteiger partial charge < -0.3 is 9.84 Å². The lowest BCUT2D eigenvalue weighted by Gasteiger charge is -2.09. The second kappa shape index (κ2) is 8.06. The molecular formula is C20H16ClF3N2O2. The first-order valence-electron chi connectivity index (χ1n) is 8.42. The molecule has 0 bridgehead atoms. The predicted molar refractivity (Wildman–Crippen MR) is 99.2 cm³/mol. The van der Waals surface area contributed by atoms with Gasteiger partial charge in [-0.3, -0.25) is 4.79 Å². The highest BCUT2D eigenvalue weighted by molar-refractivity contribution is 6.30. The molecule has 0 aliphatic carbocycles. The Morgan fingerprint density at radius 1 is 1.18 bits per heavy atom. The van der Waals surface area contributed by atoms with Crippen LogP contribution in [0.2, 0.25) is 5.02 Å². The molecule has 3 rings (SSSR count). The van der Waals surface area contributed by atoms with Crippen LogP contribution in [0.25, 0.3) is 11.3 Å². The molecule has 2 aromatic carbocycles. The molecule has 1 N–H and O–H groups in total. The maximum atomic E-state index is 13.0. The van der Waals surface area contributed by atoms with E-state index in [1.165, 1.54) is 12.1 Å². The third-order valence-electron chi connectivity index (χ3n) is 4.13. The minimum Gasteiger partial charge on any atom is -0.355 e. The molecule has 8 heteroatoms. The van der Waals surface area contributed by atoms with Gasteiger partial charge in [0.2, 0.25) is 0 Å². The summed E-state index contributed by atoms with van der Waals surface area (Å²) in [5, 5.41) is 7.10. The fraction of sp³-hybridized carbons (Fsp3) is 0.200. The number of rotatable bonds is 5. The molecule has 146 valence electrons. The van der Waals surface area contributed by atoms with Crippen LogP contribution >= 0.6 is 11.6 Å². The predicted octanol–water partition coefficient (Wildman–Crippen LogP) is 5.29. The monoisotopic (exact) mass is 408 g/mol. The van der Waals surface area contributed by atoms with Crippen molar-refractivity contribution >= 4 is 17.5 Å². The van der Waals surface area contributed by atoms with Crippen LogP contribution in [0.4, 0.5) is 13.2 Å². The number of hydrogen-bond donors (Lipinski definition) is 1. The normalized spacial score (nSPS) is 11.5. The summed E-state index contributed by atoms with van der Waals surface area (Å²) in [5.74, 6) is -0.461. The number of benzene rings is 2. The summed E-state index contributed by atoms with van der Waals surface area (Å²) in [4.78, 5) is 12.6. The lowest BCUT2D eigenvalue weighted by molar-refractivity contribution is -0.137. The maximum Gasteiger partial charge on any atom is 0.416 e. The van der Waals surface area contributed by atoms with Crippen LogP contribution in [0.5, 0.6) is 0 Å². The van der Waals surface area contributed by atoms with Crippen molar-refractivity contribution in [1.82, 2.24) is 10.5 Å². The van der Waals surface area contributed by atoms with Gasteiger partial charge in [-0.15, -0.1) is 0 Å². The first-order chi connectivity index (χ1) is 13.3. The lowest BCUT2D eigenvalue weighted by Crippen LogP contribution is -2.26. The smallest absolute Gasteiger partial charge is 0.355 e. The average molecular weight is 409 g/mol. The van der Waals surface area contributed by atoms with Crippen molar-refractivity contribution in [3.63, 3.8) is 0 Å². The van der Waals surface area contributed by atoms with Gasteiger partial charge in [-0.1, -0.05) is 41.0 Å². The van der Waals surface area contributed by atoms with E-state index in [9.17, 15) is 18.0 Å². The van der Waals surface area contributed by atoms with Gasteiger partial charge in [-0.2, -0.15) is 13.2 Å². The summed E-state index contributed by atoms with van der Waals surface area (Å²) >= 11 is 5.93. The minimum atomic E-state index is -4.50. The van der Waals surface area contributed by atoms with E-state index in [4.69, 9.17) is 16.1 Å². The molecule has 0 radical (unpaired) electrons. The lowest BCUT2D eigenvalue weighted by atomic mass is 10.0. The molecule has 0 spiro atoms. The summed E-state index contributed by atoms with van der Waals surface area (Å²) in [6.07, 6.45) is -3.94. The highest BCUT2D eigenvalue weighted by atomic mass is 35.5. The third-order valence-corrected chi connectivity index (χ3v) is 4.37. The fourth-order valence-electron chi connectivity index (χ4n) is 2.77. The largest absolute Gasteiger partial charge is 0.416 e. The molecule has 4 nitrogen and oxygen atoms in total. The standard InChI is InChI=1S/C20H16ClF3N2O2/c1-12-17(19(27)25-9-8-13-4-2-7-16(21)10-13)18(28-26-12)14-5-3-6-15(11-14)20(22,23)24/h2-7,10-11H,8-9H2,1H3,(H,25,27). The second-order valence-electron chi connectivity index (χ2n) is 6.19. The summed E-state index contributed by atoms with van der Waals surface area (Å²) < 4.78 is 44.1. The molecule has 0 fully saturated rings. The number of aryl methyl sites for hydroxylation is 1. The molecule has 0 atom stereocenters. The molecule has 3 aromatic rings. The van der Waals surface area contributed by atoms with E-state index in [1.807, 2.05) is 12.1 Å². The van der Waals surface area contributed by atoms with Crippen LogP contribution in [-0.2, 0) is 12.6 Å². The number of nitrogens with zero attached hydrogens (tertiary/aromatic N) is 1. The van der Waals surface area contributed by atoms with E-state index in [1.54, 1.807) is 19.1 Å². The van der Waals surface area contributed by atoms with E-state index in [0.29, 0.717) is 23.7 Å². The molecule has 1 amide bonds. The van der Waals surface area contributed by atoms with E-state index in [0.717, 1.165) is 17.7 Å². The summed E-state index contributed by atoms with van der Waals surface area (Å²) in [7, 11) is 0. The summed E-state index contributed by atoms with van der Waals surface area (Å²) in [5.41, 5.74) is 0.674. The zero-order chi connectivity index (χ0) is 20.3. The molecule has 0 aliphatic rings. The van der Waals surface area contributed by atoms with Gasteiger partial charge in [0.25, 0.3) is 5.91 Å². The van der Waals surface area contributed by atoms with Crippen molar-refractivity contribution in [2.75, 3.05) is 6.54 Å². The van der Waals surface area contributed by atoms with Gasteiger partial charge in [0, 0.05) is 17.1 Å². The van der Waals surface area contributed by atoms with Gasteiger partial charge in [-0.25, -0.2) is 0 Å². The van der Waals surface area contributed by atoms with Gasteiger partial charge in [0.05, 0.1) is 11.3 Å². The van der Waals surface area contributed by atoms with Crippen LogP contribution in [0.1, 0.15) is 27.2 Å². The third kappa shape index (κ3) is 4.54. The number of alkyl halides is 3. The maximum absolute atomic E-state index is 13.0. The highest BCUT2D eigenvalue weighted by Gasteiger charge is 2.31. The summed E-state index contributed by atoms with van der Waals surface area (Å²) in [6.45, 7) is 1.89. The molecule has 0 saturated heterocycles. The first-order valence-corrected chi connectivity index (χ1v) is 8.80.